The van der Waals surface area contributed by atoms with Gasteiger partial charge in [-0.2, -0.15) is 10.5 Å². The van der Waals surface area contributed by atoms with Crippen LogP contribution < -0.4 is 5.73 Å². The smallest absolute Gasteiger partial charge is 0.313 e. The van der Waals surface area contributed by atoms with Gasteiger partial charge in [0.2, 0.25) is 0 Å². The number of anilines is 1. The number of aliphatic carboxylic acids is 1. The summed E-state index contributed by atoms with van der Waals surface area (Å²) in [6, 6.07) is 11.5. The number of hydrogen-bond acceptors (Lipinski definition) is 6. The Morgan fingerprint density at radius 2 is 1.88 bits per heavy atom. The molecule has 0 radical (unpaired) electrons. The van der Waals surface area contributed by atoms with Gasteiger partial charge in [0, 0.05) is 5.56 Å². The van der Waals surface area contributed by atoms with Crippen molar-refractivity contribution < 1.29 is 9.90 Å². The SMILES string of the molecule is CCc1ccc(-c2c(C#N)c(N)nc(SCC(=O)O)c2C#N)cc1. The predicted molar refractivity (Wildman–Crippen MR) is 91.3 cm³/mol. The molecule has 0 aliphatic heterocycles. The van der Waals surface area contributed by atoms with E-state index < -0.39 is 5.97 Å². The molecule has 24 heavy (non-hydrogen) atoms. The summed E-state index contributed by atoms with van der Waals surface area (Å²) in [7, 11) is 0. The van der Waals surface area contributed by atoms with Gasteiger partial charge in [0.25, 0.3) is 0 Å². The quantitative estimate of drug-likeness (QED) is 0.803. The Morgan fingerprint density at radius 1 is 1.25 bits per heavy atom. The zero-order valence-electron chi connectivity index (χ0n) is 12.9. The number of nitrogens with two attached hydrogens (primary N) is 1. The fourth-order valence-electron chi connectivity index (χ4n) is 2.23. The maximum atomic E-state index is 10.8. The summed E-state index contributed by atoms with van der Waals surface area (Å²) in [5.74, 6) is -1.29. The number of nitrogens with zero attached hydrogens (tertiary/aromatic N) is 3. The minimum atomic E-state index is -1.03. The molecular formula is C17H14N4O2S. The van der Waals surface area contributed by atoms with Crippen LogP contribution in [-0.4, -0.2) is 21.8 Å². The molecule has 1 aromatic carbocycles. The average Bonchev–Trinajstić information content (AvgIpc) is 2.59. The first-order valence-corrected chi connectivity index (χ1v) is 8.07. The highest BCUT2D eigenvalue weighted by molar-refractivity contribution is 7.99. The van der Waals surface area contributed by atoms with Gasteiger partial charge in [-0.1, -0.05) is 43.0 Å². The predicted octanol–water partition coefficient (Wildman–Crippen LogP) is 2.81. The molecule has 0 amide bonds. The van der Waals surface area contributed by atoms with E-state index in [1.165, 1.54) is 0 Å². The number of benzene rings is 1. The monoisotopic (exact) mass is 338 g/mol. The number of hydrogen-bond donors (Lipinski definition) is 2. The van der Waals surface area contributed by atoms with Gasteiger partial charge in [-0.15, -0.1) is 0 Å². The Kier molecular flexibility index (Phi) is 5.41. The van der Waals surface area contributed by atoms with Crippen molar-refractivity contribution in [3.05, 3.63) is 41.0 Å². The molecular weight excluding hydrogens is 324 g/mol. The van der Waals surface area contributed by atoms with Gasteiger partial charge in [0.15, 0.2) is 0 Å². The molecule has 0 saturated carbocycles. The van der Waals surface area contributed by atoms with Crippen molar-refractivity contribution >= 4 is 23.5 Å². The number of rotatable bonds is 5. The number of thioether (sulfide) groups is 1. The van der Waals surface area contributed by atoms with E-state index in [0.717, 1.165) is 23.7 Å². The summed E-state index contributed by atoms with van der Waals surface area (Å²) < 4.78 is 0. The summed E-state index contributed by atoms with van der Waals surface area (Å²) in [5, 5.41) is 28.0. The largest absolute Gasteiger partial charge is 0.481 e. The van der Waals surface area contributed by atoms with Crippen molar-refractivity contribution in [1.29, 1.82) is 10.5 Å². The second kappa shape index (κ2) is 7.49. The zero-order chi connectivity index (χ0) is 17.7. The van der Waals surface area contributed by atoms with E-state index in [4.69, 9.17) is 10.8 Å². The molecule has 0 saturated heterocycles. The molecule has 0 unspecified atom stereocenters. The number of nitriles is 2. The average molecular weight is 338 g/mol. The Hall–Kier alpha value is -3.03. The number of carboxylic acid groups (broad SMARTS) is 1. The molecule has 1 heterocycles. The van der Waals surface area contributed by atoms with Crippen LogP contribution in [0.5, 0.6) is 0 Å². The van der Waals surface area contributed by atoms with E-state index in [0.29, 0.717) is 11.1 Å². The highest BCUT2D eigenvalue weighted by Gasteiger charge is 2.20. The number of pyridine rings is 1. The van der Waals surface area contributed by atoms with Crippen molar-refractivity contribution in [2.45, 2.75) is 18.4 Å². The number of aromatic nitrogens is 1. The van der Waals surface area contributed by atoms with Crippen LogP contribution in [0.15, 0.2) is 29.3 Å². The molecule has 0 aliphatic rings. The molecule has 120 valence electrons. The van der Waals surface area contributed by atoms with E-state index in [1.807, 2.05) is 43.3 Å². The second-order valence-electron chi connectivity index (χ2n) is 4.88. The fourth-order valence-corrected chi connectivity index (χ4v) is 2.94. The van der Waals surface area contributed by atoms with Crippen LogP contribution in [0.4, 0.5) is 5.82 Å². The van der Waals surface area contributed by atoms with E-state index in [9.17, 15) is 15.3 Å². The topological polar surface area (TPSA) is 124 Å². The van der Waals surface area contributed by atoms with Gasteiger partial charge in [-0.05, 0) is 17.5 Å². The molecule has 2 aromatic rings. The lowest BCUT2D eigenvalue weighted by Crippen LogP contribution is -2.05. The molecule has 0 spiro atoms. The van der Waals surface area contributed by atoms with Crippen molar-refractivity contribution in [1.82, 2.24) is 4.98 Å². The fraction of sp³-hybridized carbons (Fsp3) is 0.176. The molecule has 0 bridgehead atoms. The van der Waals surface area contributed by atoms with Crippen LogP contribution in [-0.2, 0) is 11.2 Å². The van der Waals surface area contributed by atoms with Gasteiger partial charge in [0.05, 0.1) is 11.3 Å². The molecule has 1 aromatic heterocycles. The third-order valence-electron chi connectivity index (χ3n) is 3.40. The Balaban J connectivity index is 2.68. The van der Waals surface area contributed by atoms with Crippen molar-refractivity contribution in [3.63, 3.8) is 0 Å². The lowest BCUT2D eigenvalue weighted by molar-refractivity contribution is -0.133. The summed E-state index contributed by atoms with van der Waals surface area (Å²) in [4.78, 5) is 14.8. The molecule has 0 atom stereocenters. The van der Waals surface area contributed by atoms with Crippen LogP contribution in [0.25, 0.3) is 11.1 Å². The summed E-state index contributed by atoms with van der Waals surface area (Å²) in [6.45, 7) is 2.03. The molecule has 0 fully saturated rings. The normalized spacial score (nSPS) is 9.96. The van der Waals surface area contributed by atoms with Crippen molar-refractivity contribution in [2.24, 2.45) is 0 Å². The van der Waals surface area contributed by atoms with Gasteiger partial charge in [-0.3, -0.25) is 4.79 Å². The maximum Gasteiger partial charge on any atom is 0.313 e. The molecule has 7 heteroatoms. The van der Waals surface area contributed by atoms with Gasteiger partial charge in [-0.25, -0.2) is 4.98 Å². The summed E-state index contributed by atoms with van der Waals surface area (Å²) in [5.41, 5.74) is 8.32. The molecule has 2 rings (SSSR count). The number of nitrogen functional groups attached to an aromatic ring is 1. The highest BCUT2D eigenvalue weighted by Crippen LogP contribution is 2.35. The Bertz CT molecular complexity index is 864. The van der Waals surface area contributed by atoms with Gasteiger partial charge in [0.1, 0.15) is 28.5 Å². The molecule has 6 nitrogen and oxygen atoms in total. The number of carbonyl (C=O) groups is 1. The van der Waals surface area contributed by atoms with E-state index in [1.54, 1.807) is 0 Å². The lowest BCUT2D eigenvalue weighted by atomic mass is 9.96. The van der Waals surface area contributed by atoms with Crippen molar-refractivity contribution in [3.8, 4) is 23.3 Å². The first-order chi connectivity index (χ1) is 11.5. The van der Waals surface area contributed by atoms with Crippen LogP contribution in [0.1, 0.15) is 23.6 Å². The summed E-state index contributed by atoms with van der Waals surface area (Å²) in [6.07, 6.45) is 0.870. The van der Waals surface area contributed by atoms with Gasteiger partial charge < -0.3 is 10.8 Å². The van der Waals surface area contributed by atoms with E-state index in [2.05, 4.69) is 4.98 Å². The minimum absolute atomic E-state index is 0.0149. The highest BCUT2D eigenvalue weighted by atomic mass is 32.2. The molecule has 0 aliphatic carbocycles. The van der Waals surface area contributed by atoms with E-state index in [-0.39, 0.29) is 27.7 Å². The third-order valence-corrected chi connectivity index (χ3v) is 4.36. The van der Waals surface area contributed by atoms with Crippen molar-refractivity contribution in [2.75, 3.05) is 11.5 Å². The number of carboxylic acids is 1. The number of aryl methyl sites for hydroxylation is 1. The maximum absolute atomic E-state index is 10.8. The van der Waals surface area contributed by atoms with Crippen LogP contribution in [0, 0.1) is 22.7 Å². The standard InChI is InChI=1S/C17H14N4O2S/c1-2-10-3-5-11(6-4-10)15-12(7-18)16(20)21-17(13(15)8-19)24-9-14(22)23/h3-6H,2,9H2,1H3,(H2,20,21)(H,22,23). The minimum Gasteiger partial charge on any atom is -0.481 e. The first kappa shape index (κ1) is 17.3. The Labute approximate surface area is 143 Å². The van der Waals surface area contributed by atoms with Gasteiger partial charge >= 0.3 is 5.97 Å². The molecule has 3 N–H and O–H groups in total. The van der Waals surface area contributed by atoms with E-state index >= 15 is 0 Å². The van der Waals surface area contributed by atoms with Crippen LogP contribution >= 0.6 is 11.8 Å². The second-order valence-corrected chi connectivity index (χ2v) is 5.85. The summed E-state index contributed by atoms with van der Waals surface area (Å²) >= 11 is 0.907. The van der Waals surface area contributed by atoms with Crippen LogP contribution in [0.3, 0.4) is 0 Å². The first-order valence-electron chi connectivity index (χ1n) is 7.09. The Morgan fingerprint density at radius 3 is 2.38 bits per heavy atom. The van der Waals surface area contributed by atoms with Crippen LogP contribution in [0.2, 0.25) is 0 Å². The lowest BCUT2D eigenvalue weighted by Gasteiger charge is -2.12. The zero-order valence-corrected chi connectivity index (χ0v) is 13.7. The third kappa shape index (κ3) is 3.48.